The normalized spacial score (nSPS) is 19.6. The van der Waals surface area contributed by atoms with E-state index >= 15 is 0 Å². The smallest absolute Gasteiger partial charge is 0.220 e. The molecule has 1 spiro atoms. The summed E-state index contributed by atoms with van der Waals surface area (Å²) < 4.78 is 1.63. The predicted octanol–water partition coefficient (Wildman–Crippen LogP) is 1.08. The van der Waals surface area contributed by atoms with Crippen LogP contribution in [0.3, 0.4) is 0 Å². The molecule has 0 saturated heterocycles. The molecule has 1 aromatic carbocycles. The van der Waals surface area contributed by atoms with Gasteiger partial charge in [0.2, 0.25) is 11.9 Å². The molecule has 25 heavy (non-hydrogen) atoms. The fraction of sp³-hybridized carbons (Fsp3) is 0.438. The summed E-state index contributed by atoms with van der Waals surface area (Å²) in [6.45, 7) is 2.04. The first-order valence-electron chi connectivity index (χ1n) is 8.43. The molecule has 1 aliphatic carbocycles. The molecule has 130 valence electrons. The lowest BCUT2D eigenvalue weighted by molar-refractivity contribution is 0.305. The molecular weight excluding hydrogens is 318 g/mol. The van der Waals surface area contributed by atoms with Crippen molar-refractivity contribution in [3.05, 3.63) is 30.1 Å². The Kier molecular flexibility index (Phi) is 3.63. The Balaban J connectivity index is 1.90. The second-order valence-corrected chi connectivity index (χ2v) is 6.57. The number of aromatic nitrogens is 4. The molecule has 4 rings (SSSR count). The van der Waals surface area contributed by atoms with Crippen molar-refractivity contribution < 1.29 is 0 Å². The molecule has 1 aromatic heterocycles. The second kappa shape index (κ2) is 5.83. The van der Waals surface area contributed by atoms with Crippen LogP contribution in [0.1, 0.15) is 37.7 Å². The quantitative estimate of drug-likeness (QED) is 0.844. The Morgan fingerprint density at radius 3 is 2.60 bits per heavy atom. The molecular formula is C16H21N9. The minimum Gasteiger partial charge on any atom is -0.369 e. The van der Waals surface area contributed by atoms with Crippen LogP contribution in [0.15, 0.2) is 34.5 Å². The minimum absolute atomic E-state index is 0.243. The first-order chi connectivity index (χ1) is 12.1. The predicted molar refractivity (Wildman–Crippen MR) is 95.4 cm³/mol. The van der Waals surface area contributed by atoms with E-state index in [1.807, 2.05) is 24.0 Å². The standard InChI is InChI=1S/C16H21N9/c1-11-5-6-12(24-10-19-22-23-24)13(9-11)25-15(18)20-14(17)21-16(25)7-3-2-4-8-16/h5-6,9-10H,2-4,7-8H2,1H3,(H4,17,18,20,21). The number of anilines is 1. The molecule has 0 radical (unpaired) electrons. The van der Waals surface area contributed by atoms with E-state index < -0.39 is 5.66 Å². The molecule has 0 atom stereocenters. The molecule has 0 unspecified atom stereocenters. The summed E-state index contributed by atoms with van der Waals surface area (Å²) in [6.07, 6.45) is 6.67. The van der Waals surface area contributed by atoms with Crippen molar-refractivity contribution in [3.63, 3.8) is 0 Å². The summed E-state index contributed by atoms with van der Waals surface area (Å²) in [6, 6.07) is 6.06. The molecule has 9 nitrogen and oxygen atoms in total. The number of hydrogen-bond donors (Lipinski definition) is 2. The number of rotatable bonds is 2. The van der Waals surface area contributed by atoms with Crippen molar-refractivity contribution in [1.29, 1.82) is 0 Å². The molecule has 0 amide bonds. The number of aryl methyl sites for hydroxylation is 1. The number of benzene rings is 1. The second-order valence-electron chi connectivity index (χ2n) is 6.57. The van der Waals surface area contributed by atoms with E-state index in [4.69, 9.17) is 16.5 Å². The zero-order valence-electron chi connectivity index (χ0n) is 14.1. The maximum atomic E-state index is 6.33. The van der Waals surface area contributed by atoms with Gasteiger partial charge in [-0.05, 0) is 60.7 Å². The molecule has 2 heterocycles. The van der Waals surface area contributed by atoms with Gasteiger partial charge in [0.25, 0.3) is 0 Å². The van der Waals surface area contributed by atoms with Gasteiger partial charge in [0.1, 0.15) is 12.0 Å². The average molecular weight is 339 g/mol. The van der Waals surface area contributed by atoms with Crippen LogP contribution in [0.2, 0.25) is 0 Å². The van der Waals surface area contributed by atoms with Crippen LogP contribution in [0.5, 0.6) is 0 Å². The van der Waals surface area contributed by atoms with Gasteiger partial charge in [-0.25, -0.2) is 4.99 Å². The number of guanidine groups is 2. The summed E-state index contributed by atoms with van der Waals surface area (Å²) in [5, 5.41) is 11.5. The Hall–Kier alpha value is -2.97. The van der Waals surface area contributed by atoms with E-state index in [1.165, 1.54) is 6.42 Å². The maximum Gasteiger partial charge on any atom is 0.220 e. The zero-order valence-corrected chi connectivity index (χ0v) is 14.1. The first-order valence-corrected chi connectivity index (χ1v) is 8.43. The van der Waals surface area contributed by atoms with Crippen molar-refractivity contribution in [2.45, 2.75) is 44.7 Å². The fourth-order valence-corrected chi connectivity index (χ4v) is 3.75. The number of tetrazole rings is 1. The third kappa shape index (κ3) is 2.61. The van der Waals surface area contributed by atoms with Crippen LogP contribution in [-0.4, -0.2) is 37.8 Å². The summed E-state index contributed by atoms with van der Waals surface area (Å²) in [7, 11) is 0. The van der Waals surface area contributed by atoms with E-state index in [9.17, 15) is 0 Å². The minimum atomic E-state index is -0.495. The van der Waals surface area contributed by atoms with E-state index in [0.717, 1.165) is 42.6 Å². The molecule has 1 aliphatic heterocycles. The summed E-state index contributed by atoms with van der Waals surface area (Å²) in [4.78, 5) is 11.0. The summed E-state index contributed by atoms with van der Waals surface area (Å²) >= 11 is 0. The van der Waals surface area contributed by atoms with E-state index in [2.05, 4.69) is 26.6 Å². The van der Waals surface area contributed by atoms with Crippen LogP contribution >= 0.6 is 0 Å². The number of aliphatic imine (C=N–C) groups is 2. The van der Waals surface area contributed by atoms with Gasteiger partial charge in [-0.1, -0.05) is 12.5 Å². The Morgan fingerprint density at radius 2 is 1.88 bits per heavy atom. The van der Waals surface area contributed by atoms with Gasteiger partial charge >= 0.3 is 0 Å². The van der Waals surface area contributed by atoms with Crippen LogP contribution in [0, 0.1) is 6.92 Å². The fourth-order valence-electron chi connectivity index (χ4n) is 3.75. The molecule has 1 fully saturated rings. The Labute approximate surface area is 145 Å². The van der Waals surface area contributed by atoms with Gasteiger partial charge in [0, 0.05) is 0 Å². The summed E-state index contributed by atoms with van der Waals surface area (Å²) in [5.41, 5.74) is 14.6. The van der Waals surface area contributed by atoms with Gasteiger partial charge in [-0.15, -0.1) is 5.10 Å². The lowest BCUT2D eigenvalue weighted by Gasteiger charge is -2.46. The zero-order chi connectivity index (χ0) is 17.4. The SMILES string of the molecule is Cc1ccc(-n2cnnn2)c(N2C(N)=NC(N)=NC23CCCCC3)c1. The van der Waals surface area contributed by atoms with Gasteiger partial charge in [0.05, 0.1) is 11.4 Å². The van der Waals surface area contributed by atoms with Crippen LogP contribution in [-0.2, 0) is 0 Å². The third-order valence-corrected chi connectivity index (χ3v) is 4.82. The lowest BCUT2D eigenvalue weighted by atomic mass is 9.87. The Bertz CT molecular complexity index is 831. The largest absolute Gasteiger partial charge is 0.369 e. The van der Waals surface area contributed by atoms with Crippen molar-refractivity contribution in [3.8, 4) is 5.69 Å². The van der Waals surface area contributed by atoms with E-state index in [-0.39, 0.29) is 5.96 Å². The highest BCUT2D eigenvalue weighted by Gasteiger charge is 2.43. The van der Waals surface area contributed by atoms with Crippen LogP contribution < -0.4 is 16.4 Å². The molecule has 0 bridgehead atoms. The van der Waals surface area contributed by atoms with Crippen molar-refractivity contribution in [2.75, 3.05) is 4.90 Å². The van der Waals surface area contributed by atoms with Gasteiger partial charge in [0.15, 0.2) is 0 Å². The van der Waals surface area contributed by atoms with E-state index in [1.54, 1.807) is 11.0 Å². The monoisotopic (exact) mass is 339 g/mol. The maximum absolute atomic E-state index is 6.33. The number of hydrogen-bond acceptors (Lipinski definition) is 8. The molecule has 2 aromatic rings. The van der Waals surface area contributed by atoms with Crippen LogP contribution in [0.25, 0.3) is 5.69 Å². The average Bonchev–Trinajstić information content (AvgIpc) is 3.09. The highest BCUT2D eigenvalue weighted by Crippen LogP contribution is 2.41. The Morgan fingerprint density at radius 1 is 1.08 bits per heavy atom. The highest BCUT2D eigenvalue weighted by atomic mass is 15.5. The van der Waals surface area contributed by atoms with Gasteiger partial charge < -0.3 is 11.5 Å². The first kappa shape index (κ1) is 15.6. The highest BCUT2D eigenvalue weighted by molar-refractivity contribution is 6.06. The van der Waals surface area contributed by atoms with Gasteiger partial charge in [-0.3, -0.25) is 4.90 Å². The number of nitrogens with zero attached hydrogens (tertiary/aromatic N) is 7. The molecule has 1 saturated carbocycles. The van der Waals surface area contributed by atoms with Crippen molar-refractivity contribution in [2.24, 2.45) is 21.5 Å². The topological polar surface area (TPSA) is 124 Å². The van der Waals surface area contributed by atoms with Crippen molar-refractivity contribution in [1.82, 2.24) is 20.2 Å². The molecule has 9 heteroatoms. The lowest BCUT2D eigenvalue weighted by Crippen LogP contribution is -2.58. The van der Waals surface area contributed by atoms with E-state index in [0.29, 0.717) is 5.96 Å². The van der Waals surface area contributed by atoms with Crippen LogP contribution in [0.4, 0.5) is 5.69 Å². The number of nitrogens with two attached hydrogens (primary N) is 2. The third-order valence-electron chi connectivity index (χ3n) is 4.82. The van der Waals surface area contributed by atoms with Crippen molar-refractivity contribution >= 4 is 17.6 Å². The van der Waals surface area contributed by atoms with Gasteiger partial charge in [-0.2, -0.15) is 9.67 Å². The molecule has 4 N–H and O–H groups in total. The molecule has 2 aliphatic rings. The summed E-state index contributed by atoms with van der Waals surface area (Å²) in [5.74, 6) is 0.599.